The lowest BCUT2D eigenvalue weighted by Gasteiger charge is -2.40. The normalized spacial score (nSPS) is 13.8. The number of hydrogen-bond donors (Lipinski definition) is 1. The molecule has 1 unspecified atom stereocenters. The van der Waals surface area contributed by atoms with Gasteiger partial charge in [-0.15, -0.1) is 0 Å². The standard InChI is InChI=1S/C18H23FN2/c1-14-6-4-5-7-17(14)21(3)18(2,13-20)12-15-8-10-16(19)11-9-15/h4-11H,12-13,20H2,1-3H3. The van der Waals surface area contributed by atoms with Crippen LogP contribution in [-0.2, 0) is 6.42 Å². The number of anilines is 1. The van der Waals surface area contributed by atoms with E-state index < -0.39 is 0 Å². The highest BCUT2D eigenvalue weighted by molar-refractivity contribution is 5.54. The van der Waals surface area contributed by atoms with Gasteiger partial charge in [0.05, 0.1) is 5.54 Å². The zero-order valence-corrected chi connectivity index (χ0v) is 12.9. The maximum absolute atomic E-state index is 13.0. The number of benzene rings is 2. The fraction of sp³-hybridized carbons (Fsp3) is 0.333. The maximum Gasteiger partial charge on any atom is 0.123 e. The second kappa shape index (κ2) is 6.27. The van der Waals surface area contributed by atoms with Crippen LogP contribution in [0.5, 0.6) is 0 Å². The smallest absolute Gasteiger partial charge is 0.123 e. The number of para-hydroxylation sites is 1. The third-order valence-corrected chi connectivity index (χ3v) is 4.22. The summed E-state index contributed by atoms with van der Waals surface area (Å²) in [5.41, 5.74) is 9.32. The van der Waals surface area contributed by atoms with Gasteiger partial charge in [-0.1, -0.05) is 30.3 Å². The summed E-state index contributed by atoms with van der Waals surface area (Å²) in [6.07, 6.45) is 0.772. The molecule has 21 heavy (non-hydrogen) atoms. The van der Waals surface area contributed by atoms with E-state index in [1.165, 1.54) is 23.4 Å². The minimum absolute atomic E-state index is 0.208. The Hall–Kier alpha value is -1.87. The zero-order chi connectivity index (χ0) is 15.5. The van der Waals surface area contributed by atoms with Gasteiger partial charge in [-0.05, 0) is 49.6 Å². The van der Waals surface area contributed by atoms with E-state index in [1.807, 2.05) is 24.3 Å². The topological polar surface area (TPSA) is 29.3 Å². The average Bonchev–Trinajstić information content (AvgIpc) is 2.49. The van der Waals surface area contributed by atoms with Crippen molar-refractivity contribution in [3.8, 4) is 0 Å². The van der Waals surface area contributed by atoms with Crippen molar-refractivity contribution in [2.75, 3.05) is 18.5 Å². The SMILES string of the molecule is Cc1ccccc1N(C)C(C)(CN)Cc1ccc(F)cc1. The van der Waals surface area contributed by atoms with Crippen LogP contribution in [0.1, 0.15) is 18.1 Å². The second-order valence-corrected chi connectivity index (χ2v) is 5.85. The molecule has 0 aromatic heterocycles. The van der Waals surface area contributed by atoms with E-state index in [2.05, 4.69) is 37.9 Å². The van der Waals surface area contributed by atoms with E-state index in [4.69, 9.17) is 5.73 Å². The Balaban J connectivity index is 2.28. The largest absolute Gasteiger partial charge is 0.367 e. The Kier molecular flexibility index (Phi) is 4.63. The van der Waals surface area contributed by atoms with Crippen LogP contribution in [0.3, 0.4) is 0 Å². The Morgan fingerprint density at radius 1 is 1.10 bits per heavy atom. The van der Waals surface area contributed by atoms with Crippen LogP contribution in [0.4, 0.5) is 10.1 Å². The molecular formula is C18H23FN2. The lowest BCUT2D eigenvalue weighted by molar-refractivity contribution is 0.449. The van der Waals surface area contributed by atoms with E-state index >= 15 is 0 Å². The molecule has 0 aliphatic heterocycles. The van der Waals surface area contributed by atoms with Gasteiger partial charge in [-0.2, -0.15) is 0 Å². The first kappa shape index (κ1) is 15.5. The Morgan fingerprint density at radius 2 is 1.71 bits per heavy atom. The summed E-state index contributed by atoms with van der Waals surface area (Å²) in [5, 5.41) is 0. The van der Waals surface area contributed by atoms with E-state index in [1.54, 1.807) is 0 Å². The number of likely N-dealkylation sites (N-methyl/N-ethyl adjacent to an activating group) is 1. The molecule has 0 spiro atoms. The first-order valence-electron chi connectivity index (χ1n) is 7.20. The molecule has 0 fully saturated rings. The van der Waals surface area contributed by atoms with Crippen molar-refractivity contribution in [2.45, 2.75) is 25.8 Å². The van der Waals surface area contributed by atoms with E-state index in [0.29, 0.717) is 6.54 Å². The van der Waals surface area contributed by atoms with Gasteiger partial charge in [-0.3, -0.25) is 0 Å². The van der Waals surface area contributed by atoms with Crippen molar-refractivity contribution < 1.29 is 4.39 Å². The minimum atomic E-state index is -0.218. The molecule has 0 saturated carbocycles. The minimum Gasteiger partial charge on any atom is -0.367 e. The van der Waals surface area contributed by atoms with Crippen LogP contribution >= 0.6 is 0 Å². The lowest BCUT2D eigenvalue weighted by atomic mass is 9.90. The summed E-state index contributed by atoms with van der Waals surface area (Å²) in [6.45, 7) is 4.76. The molecule has 0 heterocycles. The molecule has 0 saturated heterocycles. The summed E-state index contributed by atoms with van der Waals surface area (Å²) < 4.78 is 13.0. The highest BCUT2D eigenvalue weighted by atomic mass is 19.1. The summed E-state index contributed by atoms with van der Waals surface area (Å²) in [7, 11) is 2.07. The summed E-state index contributed by atoms with van der Waals surface area (Å²) in [4.78, 5) is 2.23. The second-order valence-electron chi connectivity index (χ2n) is 5.85. The number of rotatable bonds is 5. The average molecular weight is 286 g/mol. The number of nitrogens with two attached hydrogens (primary N) is 1. The third kappa shape index (κ3) is 3.42. The molecule has 2 aromatic rings. The maximum atomic E-state index is 13.0. The molecule has 0 bridgehead atoms. The molecule has 2 aromatic carbocycles. The first-order chi connectivity index (χ1) is 9.96. The molecule has 2 nitrogen and oxygen atoms in total. The fourth-order valence-electron chi connectivity index (χ4n) is 2.60. The van der Waals surface area contributed by atoms with Crippen LogP contribution in [0.2, 0.25) is 0 Å². The van der Waals surface area contributed by atoms with Crippen LogP contribution in [0, 0.1) is 12.7 Å². The zero-order valence-electron chi connectivity index (χ0n) is 12.9. The fourth-order valence-corrected chi connectivity index (χ4v) is 2.60. The van der Waals surface area contributed by atoms with Gasteiger partial charge in [0.25, 0.3) is 0 Å². The van der Waals surface area contributed by atoms with Gasteiger partial charge in [-0.25, -0.2) is 4.39 Å². The predicted octanol–water partition coefficient (Wildman–Crippen LogP) is 3.53. The highest BCUT2D eigenvalue weighted by Crippen LogP contribution is 2.27. The summed E-state index contributed by atoms with van der Waals surface area (Å²) in [5.74, 6) is -0.208. The number of hydrogen-bond acceptors (Lipinski definition) is 2. The molecule has 0 amide bonds. The number of aryl methyl sites for hydroxylation is 1. The molecule has 2 rings (SSSR count). The van der Waals surface area contributed by atoms with E-state index in [0.717, 1.165) is 12.0 Å². The van der Waals surface area contributed by atoms with Gasteiger partial charge in [0.15, 0.2) is 0 Å². The molecule has 112 valence electrons. The Labute approximate surface area is 126 Å². The van der Waals surface area contributed by atoms with Crippen LogP contribution in [0.15, 0.2) is 48.5 Å². The Bertz CT molecular complexity index is 594. The van der Waals surface area contributed by atoms with Crippen molar-refractivity contribution in [1.82, 2.24) is 0 Å². The quantitative estimate of drug-likeness (QED) is 0.911. The van der Waals surface area contributed by atoms with Crippen LogP contribution in [-0.4, -0.2) is 19.1 Å². The van der Waals surface area contributed by atoms with Crippen molar-refractivity contribution in [1.29, 1.82) is 0 Å². The first-order valence-corrected chi connectivity index (χ1v) is 7.20. The van der Waals surface area contributed by atoms with E-state index in [-0.39, 0.29) is 11.4 Å². The molecule has 0 aliphatic rings. The molecule has 3 heteroatoms. The molecule has 0 aliphatic carbocycles. The van der Waals surface area contributed by atoms with E-state index in [9.17, 15) is 4.39 Å². The van der Waals surface area contributed by atoms with Gasteiger partial charge in [0.1, 0.15) is 5.82 Å². The van der Waals surface area contributed by atoms with Crippen LogP contribution in [0.25, 0.3) is 0 Å². The van der Waals surface area contributed by atoms with Crippen molar-refractivity contribution in [3.05, 3.63) is 65.5 Å². The van der Waals surface area contributed by atoms with Crippen molar-refractivity contribution in [2.24, 2.45) is 5.73 Å². The predicted molar refractivity (Wildman–Crippen MR) is 87.1 cm³/mol. The molecular weight excluding hydrogens is 263 g/mol. The van der Waals surface area contributed by atoms with Crippen LogP contribution < -0.4 is 10.6 Å². The summed E-state index contributed by atoms with van der Waals surface area (Å²) in [6, 6.07) is 14.9. The molecule has 0 radical (unpaired) electrons. The number of halogens is 1. The van der Waals surface area contributed by atoms with Crippen molar-refractivity contribution in [3.63, 3.8) is 0 Å². The lowest BCUT2D eigenvalue weighted by Crippen LogP contribution is -2.52. The van der Waals surface area contributed by atoms with Gasteiger partial charge >= 0.3 is 0 Å². The van der Waals surface area contributed by atoms with Gasteiger partial charge < -0.3 is 10.6 Å². The Morgan fingerprint density at radius 3 is 2.29 bits per heavy atom. The molecule has 2 N–H and O–H groups in total. The molecule has 1 atom stereocenters. The van der Waals surface area contributed by atoms with Crippen molar-refractivity contribution >= 4 is 5.69 Å². The summed E-state index contributed by atoms with van der Waals surface area (Å²) >= 11 is 0. The van der Waals surface area contributed by atoms with Gasteiger partial charge in [0.2, 0.25) is 0 Å². The van der Waals surface area contributed by atoms with Gasteiger partial charge in [0, 0.05) is 19.3 Å². The monoisotopic (exact) mass is 286 g/mol. The third-order valence-electron chi connectivity index (χ3n) is 4.22. The highest BCUT2D eigenvalue weighted by Gasteiger charge is 2.29. The number of nitrogens with zero attached hydrogens (tertiary/aromatic N) is 1.